The minimum atomic E-state index is -4.79. The van der Waals surface area contributed by atoms with Crippen LogP contribution in [-0.2, 0) is 29.2 Å². The predicted molar refractivity (Wildman–Crippen MR) is 208 cm³/mol. The van der Waals surface area contributed by atoms with Crippen LogP contribution >= 0.6 is 23.2 Å². The second-order valence-electron chi connectivity index (χ2n) is 14.5. The van der Waals surface area contributed by atoms with E-state index < -0.39 is 18.1 Å². The second-order valence-corrected chi connectivity index (χ2v) is 15.3. The average Bonchev–Trinajstić information content (AvgIpc) is 3.47. The van der Waals surface area contributed by atoms with Gasteiger partial charge in [-0.15, -0.1) is 13.2 Å². The van der Waals surface area contributed by atoms with Gasteiger partial charge in [-0.05, 0) is 68.7 Å². The number of amides is 2. The van der Waals surface area contributed by atoms with Crippen molar-refractivity contribution in [1.29, 1.82) is 0 Å². The van der Waals surface area contributed by atoms with Gasteiger partial charge < -0.3 is 30.0 Å². The molecular weight excluding hydrogens is 758 g/mol. The van der Waals surface area contributed by atoms with Crippen LogP contribution in [0.4, 0.5) is 18.0 Å². The molecule has 1 aliphatic rings. The third-order valence-electron chi connectivity index (χ3n) is 9.04. The number of rotatable bonds is 15. The molecule has 1 fully saturated rings. The predicted octanol–water partition coefficient (Wildman–Crippen LogP) is 7.32. The van der Waals surface area contributed by atoms with E-state index in [0.29, 0.717) is 48.2 Å². The molecule has 11 nitrogen and oxygen atoms in total. The van der Waals surface area contributed by atoms with E-state index in [2.05, 4.69) is 25.9 Å². The molecule has 55 heavy (non-hydrogen) atoms. The summed E-state index contributed by atoms with van der Waals surface area (Å²) in [5, 5.41) is 5.09. The smallest absolute Gasteiger partial charge is 0.444 e. The van der Waals surface area contributed by atoms with Crippen molar-refractivity contribution in [3.63, 3.8) is 0 Å². The van der Waals surface area contributed by atoms with Crippen molar-refractivity contribution in [3.05, 3.63) is 82.1 Å². The van der Waals surface area contributed by atoms with Crippen molar-refractivity contribution in [2.24, 2.45) is 5.73 Å². The van der Waals surface area contributed by atoms with Crippen molar-refractivity contribution >= 4 is 46.2 Å². The summed E-state index contributed by atoms with van der Waals surface area (Å²) in [5.41, 5.74) is 9.18. The maximum atomic E-state index is 12.9. The highest BCUT2D eigenvalue weighted by Gasteiger charge is 2.31. The van der Waals surface area contributed by atoms with E-state index >= 15 is 0 Å². The number of carbonyl (C=O) groups excluding carboxylic acids is 2. The molecule has 0 bridgehead atoms. The molecule has 298 valence electrons. The molecule has 0 unspecified atom stereocenters. The van der Waals surface area contributed by atoms with E-state index in [9.17, 15) is 22.8 Å². The lowest BCUT2D eigenvalue weighted by molar-refractivity contribution is -0.274. The van der Waals surface area contributed by atoms with Crippen LogP contribution in [0.1, 0.15) is 44.7 Å². The van der Waals surface area contributed by atoms with Crippen LogP contribution in [0.2, 0.25) is 10.0 Å². The molecule has 3 N–H and O–H groups in total. The molecule has 1 aliphatic heterocycles. The number of pyridine rings is 1. The van der Waals surface area contributed by atoms with Crippen LogP contribution in [0.5, 0.6) is 5.75 Å². The normalized spacial score (nSPS) is 14.3. The van der Waals surface area contributed by atoms with Crippen molar-refractivity contribution in [3.8, 4) is 16.9 Å². The summed E-state index contributed by atoms with van der Waals surface area (Å²) in [7, 11) is 0. The quantitative estimate of drug-likeness (QED) is 0.120. The Hall–Kier alpha value is -4.08. The van der Waals surface area contributed by atoms with Crippen molar-refractivity contribution in [1.82, 2.24) is 29.6 Å². The first kappa shape index (κ1) is 42.1. The van der Waals surface area contributed by atoms with Crippen molar-refractivity contribution in [2.75, 3.05) is 52.4 Å². The molecule has 1 saturated heterocycles. The number of halogens is 5. The molecule has 0 atom stereocenters. The van der Waals surface area contributed by atoms with Crippen LogP contribution in [0, 0.1) is 0 Å². The fourth-order valence-corrected chi connectivity index (χ4v) is 6.90. The molecule has 3 heterocycles. The minimum Gasteiger partial charge on any atom is -0.444 e. The lowest BCUT2D eigenvalue weighted by atomic mass is 10.0. The number of fused-ring (bicyclic) bond motifs is 1. The Bertz CT molecular complexity index is 1890. The van der Waals surface area contributed by atoms with E-state index in [0.717, 1.165) is 53.9 Å². The summed E-state index contributed by atoms with van der Waals surface area (Å²) in [6.07, 6.45) is -0.832. The fourth-order valence-electron chi connectivity index (χ4n) is 6.39. The number of piperazine rings is 1. The second kappa shape index (κ2) is 18.7. The number of nitrogens with one attached hydrogen (secondary N) is 1. The van der Waals surface area contributed by atoms with E-state index in [1.54, 1.807) is 32.9 Å². The van der Waals surface area contributed by atoms with Gasteiger partial charge in [0.1, 0.15) is 17.0 Å². The zero-order valence-corrected chi connectivity index (χ0v) is 32.8. The van der Waals surface area contributed by atoms with Crippen LogP contribution in [-0.4, -0.2) is 101 Å². The van der Waals surface area contributed by atoms with Gasteiger partial charge in [-0.1, -0.05) is 41.4 Å². The van der Waals surface area contributed by atoms with Gasteiger partial charge in [0.25, 0.3) is 0 Å². The molecular formula is C39H48Cl2F3N7O4. The Morgan fingerprint density at radius 2 is 1.62 bits per heavy atom. The third kappa shape index (κ3) is 12.5. The minimum absolute atomic E-state index is 0.0962. The monoisotopic (exact) mass is 805 g/mol. The summed E-state index contributed by atoms with van der Waals surface area (Å²) in [6.45, 7) is 11.6. The summed E-state index contributed by atoms with van der Waals surface area (Å²) in [6, 6.07) is 13.4. The van der Waals surface area contributed by atoms with E-state index in [1.807, 2.05) is 35.2 Å². The highest BCUT2D eigenvalue weighted by Crippen LogP contribution is 2.33. The number of aromatic nitrogens is 2. The zero-order chi connectivity index (χ0) is 39.8. The molecule has 0 radical (unpaired) electrons. The van der Waals surface area contributed by atoms with E-state index in [4.69, 9.17) is 38.7 Å². The summed E-state index contributed by atoms with van der Waals surface area (Å²) in [4.78, 5) is 36.2. The average molecular weight is 807 g/mol. The highest BCUT2D eigenvalue weighted by molar-refractivity contribution is 6.36. The molecule has 2 amide bonds. The number of benzene rings is 2. The van der Waals surface area contributed by atoms with Crippen LogP contribution in [0.3, 0.4) is 0 Å². The van der Waals surface area contributed by atoms with Crippen molar-refractivity contribution < 1.29 is 32.2 Å². The number of carbonyl (C=O) groups is 2. The molecule has 4 aromatic rings. The number of hydrogen-bond acceptors (Lipinski definition) is 8. The maximum Gasteiger partial charge on any atom is 0.573 e. The van der Waals surface area contributed by atoms with Gasteiger partial charge in [0, 0.05) is 117 Å². The summed E-state index contributed by atoms with van der Waals surface area (Å²) in [5.74, 6) is -0.510. The van der Waals surface area contributed by atoms with Gasteiger partial charge >= 0.3 is 12.5 Å². The molecule has 2 aromatic carbocycles. The van der Waals surface area contributed by atoms with E-state index in [-0.39, 0.29) is 37.7 Å². The topological polar surface area (TPSA) is 118 Å². The van der Waals surface area contributed by atoms with E-state index in [1.165, 1.54) is 17.0 Å². The molecule has 0 aliphatic carbocycles. The third-order valence-corrected chi connectivity index (χ3v) is 9.75. The Labute approximate surface area is 329 Å². The number of alkyl halides is 3. The number of nitrogens with zero attached hydrogens (tertiary/aromatic N) is 5. The number of hydrogen-bond donors (Lipinski definition) is 2. The Morgan fingerprint density at radius 1 is 0.964 bits per heavy atom. The van der Waals surface area contributed by atoms with Gasteiger partial charge in [-0.3, -0.25) is 14.6 Å². The van der Waals surface area contributed by atoms with Crippen LogP contribution < -0.4 is 15.8 Å². The SMILES string of the molecule is CC(C)(C)OC(=O)N(CCN)CCC(=O)NCCCn1cc(-c2ccc(OC(F)(F)F)cc2)c2cc(CN3CCN(Cc4c(Cl)cccc4Cl)CC3)cnc21. The van der Waals surface area contributed by atoms with Gasteiger partial charge in [-0.2, -0.15) is 0 Å². The molecule has 0 spiro atoms. The molecule has 16 heteroatoms. The standard InChI is InChI=1S/C39H48Cl2F3N7O4/c1-38(2,3)55-37(53)50(17-13-45)16-12-35(52)46-14-5-15-51-26-31(28-8-10-29(11-9-28)54-39(42,43)44)30-22-27(23-47-36(30)51)24-48-18-20-49(21-19-48)25-32-33(40)6-4-7-34(32)41/h4,6-11,22-23,26H,5,12-21,24-25,45H2,1-3H3,(H,46,52). The molecule has 5 rings (SSSR count). The fraction of sp³-hybridized carbons (Fsp3) is 0.462. The number of ether oxygens (including phenoxy) is 2. The Kier molecular flexibility index (Phi) is 14.3. The first-order valence-corrected chi connectivity index (χ1v) is 19.0. The maximum absolute atomic E-state index is 12.9. The van der Waals surface area contributed by atoms with Crippen LogP contribution in [0.15, 0.2) is 60.9 Å². The largest absolute Gasteiger partial charge is 0.573 e. The lowest BCUT2D eigenvalue weighted by Crippen LogP contribution is -2.45. The first-order valence-electron chi connectivity index (χ1n) is 18.2. The number of nitrogens with two attached hydrogens (primary N) is 1. The Morgan fingerprint density at radius 3 is 2.24 bits per heavy atom. The molecule has 0 saturated carbocycles. The van der Waals surface area contributed by atoms with Gasteiger partial charge in [-0.25, -0.2) is 9.78 Å². The van der Waals surface area contributed by atoms with Gasteiger partial charge in [0.15, 0.2) is 0 Å². The summed E-state index contributed by atoms with van der Waals surface area (Å²) >= 11 is 12.8. The summed E-state index contributed by atoms with van der Waals surface area (Å²) < 4.78 is 50.1. The zero-order valence-electron chi connectivity index (χ0n) is 31.3. The van der Waals surface area contributed by atoms with Crippen LogP contribution in [0.25, 0.3) is 22.2 Å². The van der Waals surface area contributed by atoms with Crippen molar-refractivity contribution in [2.45, 2.75) is 65.2 Å². The van der Waals surface area contributed by atoms with Gasteiger partial charge in [0.2, 0.25) is 5.91 Å². The lowest BCUT2D eigenvalue weighted by Gasteiger charge is -2.35. The highest BCUT2D eigenvalue weighted by atomic mass is 35.5. The first-order chi connectivity index (χ1) is 26.1. The van der Waals surface area contributed by atoms with Gasteiger partial charge in [0.05, 0.1) is 0 Å². The number of aryl methyl sites for hydroxylation is 1. The molecule has 2 aromatic heterocycles. The Balaban J connectivity index is 1.24.